The van der Waals surface area contributed by atoms with Gasteiger partial charge in [0.1, 0.15) is 0 Å². The third-order valence-electron chi connectivity index (χ3n) is 4.21. The fraction of sp³-hybridized carbons (Fsp3) is 0.438. The lowest BCUT2D eigenvalue weighted by Gasteiger charge is -2.22. The summed E-state index contributed by atoms with van der Waals surface area (Å²) in [5.41, 5.74) is 0.214. The number of aryl methyl sites for hydroxylation is 1. The van der Waals surface area contributed by atoms with Gasteiger partial charge >= 0.3 is 0 Å². The molecule has 26 heavy (non-hydrogen) atoms. The molecule has 140 valence electrons. The fourth-order valence-electron chi connectivity index (χ4n) is 2.92. The van der Waals surface area contributed by atoms with E-state index in [0.29, 0.717) is 31.1 Å². The van der Waals surface area contributed by atoms with Crippen molar-refractivity contribution in [3.05, 3.63) is 41.5 Å². The van der Waals surface area contributed by atoms with Crippen LogP contribution in [-0.2, 0) is 16.6 Å². The number of rotatable bonds is 6. The van der Waals surface area contributed by atoms with Crippen molar-refractivity contribution >= 4 is 15.9 Å². The van der Waals surface area contributed by atoms with Crippen LogP contribution in [0.15, 0.2) is 33.7 Å². The van der Waals surface area contributed by atoms with Crippen molar-refractivity contribution in [2.75, 3.05) is 13.2 Å². The highest BCUT2D eigenvalue weighted by atomic mass is 32.2. The molecule has 2 N–H and O–H groups in total. The minimum absolute atomic E-state index is 0.0286. The maximum absolute atomic E-state index is 12.8. The van der Waals surface area contributed by atoms with Crippen molar-refractivity contribution in [1.82, 2.24) is 19.8 Å². The SMILES string of the molecule is Cc1nc(CNC(=O)c2cccc(S(=O)(=O)N3CCC[C@H]3CO)c2)no1. The zero-order valence-corrected chi connectivity index (χ0v) is 15.1. The van der Waals surface area contributed by atoms with E-state index in [9.17, 15) is 18.3 Å². The number of nitrogens with one attached hydrogen (secondary N) is 1. The topological polar surface area (TPSA) is 126 Å². The van der Waals surface area contributed by atoms with E-state index in [1.807, 2.05) is 0 Å². The Morgan fingerprint density at radius 2 is 2.27 bits per heavy atom. The van der Waals surface area contributed by atoms with Gasteiger partial charge in [0, 0.05) is 25.1 Å². The molecule has 0 spiro atoms. The van der Waals surface area contributed by atoms with Crippen LogP contribution in [0.3, 0.4) is 0 Å². The molecule has 3 rings (SSSR count). The first-order valence-electron chi connectivity index (χ1n) is 8.22. The molecule has 10 heteroatoms. The molecule has 1 aromatic carbocycles. The number of aliphatic hydroxyl groups excluding tert-OH is 1. The maximum atomic E-state index is 12.8. The largest absolute Gasteiger partial charge is 0.395 e. The summed E-state index contributed by atoms with van der Waals surface area (Å²) < 4.78 is 31.7. The van der Waals surface area contributed by atoms with Gasteiger partial charge in [0.05, 0.1) is 18.0 Å². The van der Waals surface area contributed by atoms with Crippen LogP contribution in [0.1, 0.15) is 34.9 Å². The number of aromatic nitrogens is 2. The zero-order valence-electron chi connectivity index (χ0n) is 14.3. The monoisotopic (exact) mass is 380 g/mol. The Morgan fingerprint density at radius 3 is 2.96 bits per heavy atom. The Bertz CT molecular complexity index is 896. The molecule has 1 aliphatic heterocycles. The van der Waals surface area contributed by atoms with Crippen molar-refractivity contribution in [3.63, 3.8) is 0 Å². The van der Waals surface area contributed by atoms with Crippen molar-refractivity contribution < 1.29 is 22.8 Å². The summed E-state index contributed by atoms with van der Waals surface area (Å²) in [5, 5.41) is 15.7. The van der Waals surface area contributed by atoms with E-state index in [0.717, 1.165) is 0 Å². The van der Waals surface area contributed by atoms with Crippen molar-refractivity contribution in [2.24, 2.45) is 0 Å². The number of carbonyl (C=O) groups is 1. The van der Waals surface area contributed by atoms with Crippen LogP contribution in [-0.4, -0.2) is 53.1 Å². The second kappa shape index (κ2) is 7.52. The summed E-state index contributed by atoms with van der Waals surface area (Å²) in [6, 6.07) is 5.41. The molecule has 1 aromatic heterocycles. The normalized spacial score (nSPS) is 18.2. The minimum Gasteiger partial charge on any atom is -0.395 e. The van der Waals surface area contributed by atoms with E-state index in [1.165, 1.54) is 28.6 Å². The van der Waals surface area contributed by atoms with Crippen LogP contribution in [0, 0.1) is 6.92 Å². The Morgan fingerprint density at radius 1 is 1.46 bits per heavy atom. The van der Waals surface area contributed by atoms with Gasteiger partial charge < -0.3 is 14.9 Å². The molecule has 0 saturated carbocycles. The molecular formula is C16H20N4O5S. The van der Waals surface area contributed by atoms with E-state index in [4.69, 9.17) is 4.52 Å². The van der Waals surface area contributed by atoms with Gasteiger partial charge in [-0.15, -0.1) is 0 Å². The second-order valence-corrected chi connectivity index (χ2v) is 7.93. The molecule has 1 fully saturated rings. The molecule has 9 nitrogen and oxygen atoms in total. The molecule has 2 aromatic rings. The predicted molar refractivity (Wildman–Crippen MR) is 90.6 cm³/mol. The van der Waals surface area contributed by atoms with Crippen molar-refractivity contribution in [2.45, 2.75) is 37.2 Å². The molecular weight excluding hydrogens is 360 g/mol. The summed E-state index contributed by atoms with van der Waals surface area (Å²) in [4.78, 5) is 16.3. The molecule has 0 unspecified atom stereocenters. The van der Waals surface area contributed by atoms with Crippen LogP contribution in [0.4, 0.5) is 0 Å². The lowest BCUT2D eigenvalue weighted by molar-refractivity contribution is 0.0949. The average molecular weight is 380 g/mol. The molecule has 0 bridgehead atoms. The van der Waals surface area contributed by atoms with Crippen LogP contribution in [0.2, 0.25) is 0 Å². The molecule has 0 radical (unpaired) electrons. The van der Waals surface area contributed by atoms with Crippen LogP contribution in [0.25, 0.3) is 0 Å². The average Bonchev–Trinajstić information content (AvgIpc) is 3.28. The van der Waals surface area contributed by atoms with Gasteiger partial charge in [-0.25, -0.2) is 8.42 Å². The second-order valence-electron chi connectivity index (χ2n) is 6.03. The Hall–Kier alpha value is -2.30. The lowest BCUT2D eigenvalue weighted by Crippen LogP contribution is -2.37. The number of nitrogens with zero attached hydrogens (tertiary/aromatic N) is 3. The Kier molecular flexibility index (Phi) is 5.35. The van der Waals surface area contributed by atoms with Gasteiger partial charge in [-0.05, 0) is 31.0 Å². The predicted octanol–water partition coefficient (Wildman–Crippen LogP) is 0.453. The van der Waals surface area contributed by atoms with Crippen molar-refractivity contribution in [3.8, 4) is 0 Å². The van der Waals surface area contributed by atoms with Gasteiger partial charge in [0.25, 0.3) is 5.91 Å². The van der Waals surface area contributed by atoms with Crippen LogP contribution in [0.5, 0.6) is 0 Å². The summed E-state index contributed by atoms with van der Waals surface area (Å²) in [5.74, 6) is 0.290. The number of benzene rings is 1. The maximum Gasteiger partial charge on any atom is 0.251 e. The number of carbonyl (C=O) groups excluding carboxylic acids is 1. The van der Waals surface area contributed by atoms with E-state index in [-0.39, 0.29) is 23.6 Å². The van der Waals surface area contributed by atoms with E-state index < -0.39 is 22.0 Å². The van der Waals surface area contributed by atoms with Crippen LogP contribution < -0.4 is 5.32 Å². The van der Waals surface area contributed by atoms with Gasteiger partial charge in [-0.1, -0.05) is 11.2 Å². The number of aliphatic hydroxyl groups is 1. The first kappa shape index (κ1) is 18.5. The molecule has 1 atom stereocenters. The Balaban J connectivity index is 1.76. The summed E-state index contributed by atoms with van der Waals surface area (Å²) in [6.45, 7) is 1.86. The van der Waals surface area contributed by atoms with Gasteiger partial charge in [-0.2, -0.15) is 9.29 Å². The summed E-state index contributed by atoms with van der Waals surface area (Å²) in [7, 11) is -3.77. The molecule has 1 amide bonds. The van der Waals surface area contributed by atoms with E-state index in [2.05, 4.69) is 15.5 Å². The minimum atomic E-state index is -3.77. The number of hydrogen-bond donors (Lipinski definition) is 2. The quantitative estimate of drug-likeness (QED) is 0.745. The van der Waals surface area contributed by atoms with Gasteiger partial charge in [-0.3, -0.25) is 4.79 Å². The standard InChI is InChI=1S/C16H20N4O5S/c1-11-18-15(19-25-11)9-17-16(22)12-4-2-6-14(8-12)26(23,24)20-7-3-5-13(20)10-21/h2,4,6,8,13,21H,3,5,7,9-10H2,1H3,(H,17,22)/t13-/m0/s1. The fourth-order valence-corrected chi connectivity index (χ4v) is 4.65. The highest BCUT2D eigenvalue weighted by molar-refractivity contribution is 7.89. The molecule has 2 heterocycles. The van der Waals surface area contributed by atoms with Gasteiger partial charge in [0.15, 0.2) is 5.82 Å². The smallest absolute Gasteiger partial charge is 0.251 e. The van der Waals surface area contributed by atoms with E-state index >= 15 is 0 Å². The summed E-state index contributed by atoms with van der Waals surface area (Å²) in [6.07, 6.45) is 1.33. The first-order valence-corrected chi connectivity index (χ1v) is 9.66. The number of hydrogen-bond acceptors (Lipinski definition) is 7. The molecule has 1 aliphatic rings. The van der Waals surface area contributed by atoms with Crippen LogP contribution >= 0.6 is 0 Å². The molecule has 0 aliphatic carbocycles. The third-order valence-corrected chi connectivity index (χ3v) is 6.16. The van der Waals surface area contributed by atoms with Gasteiger partial charge in [0.2, 0.25) is 15.9 Å². The highest BCUT2D eigenvalue weighted by Gasteiger charge is 2.35. The highest BCUT2D eigenvalue weighted by Crippen LogP contribution is 2.26. The number of amides is 1. The number of sulfonamides is 1. The molecule has 1 saturated heterocycles. The zero-order chi connectivity index (χ0) is 18.7. The lowest BCUT2D eigenvalue weighted by atomic mass is 10.2. The first-order chi connectivity index (χ1) is 12.4. The third kappa shape index (κ3) is 3.76. The van der Waals surface area contributed by atoms with E-state index in [1.54, 1.807) is 6.92 Å². The summed E-state index contributed by atoms with van der Waals surface area (Å²) >= 11 is 0. The Labute approximate surface area is 151 Å². The van der Waals surface area contributed by atoms with Crippen molar-refractivity contribution in [1.29, 1.82) is 0 Å².